The molecule has 1 rings (SSSR count). The summed E-state index contributed by atoms with van der Waals surface area (Å²) in [6.45, 7) is 9.87. The molecule has 118 valence electrons. The Morgan fingerprint density at radius 2 is 1.95 bits per heavy atom. The SMILES string of the molecule is COC(=O)C(C)(N)CC(C)Oc1cc(C)ccc1C(C)C. The van der Waals surface area contributed by atoms with Gasteiger partial charge >= 0.3 is 5.97 Å². The van der Waals surface area contributed by atoms with Crippen molar-refractivity contribution in [2.24, 2.45) is 5.73 Å². The van der Waals surface area contributed by atoms with Crippen molar-refractivity contribution in [2.45, 2.75) is 58.6 Å². The lowest BCUT2D eigenvalue weighted by Gasteiger charge is -2.26. The number of aryl methyl sites for hydroxylation is 1. The predicted octanol–water partition coefficient (Wildman–Crippen LogP) is 3.17. The van der Waals surface area contributed by atoms with Crippen LogP contribution in [-0.2, 0) is 9.53 Å². The van der Waals surface area contributed by atoms with Crippen LogP contribution >= 0.6 is 0 Å². The summed E-state index contributed by atoms with van der Waals surface area (Å²) < 4.78 is 10.8. The van der Waals surface area contributed by atoms with E-state index in [1.807, 2.05) is 19.9 Å². The molecule has 0 saturated heterocycles. The molecule has 1 aromatic rings. The Labute approximate surface area is 127 Å². The van der Waals surface area contributed by atoms with Crippen molar-refractivity contribution in [2.75, 3.05) is 7.11 Å². The van der Waals surface area contributed by atoms with Gasteiger partial charge in [-0.25, -0.2) is 0 Å². The third kappa shape index (κ3) is 4.74. The predicted molar refractivity (Wildman–Crippen MR) is 84.6 cm³/mol. The Hall–Kier alpha value is -1.55. The van der Waals surface area contributed by atoms with Crippen LogP contribution in [0.3, 0.4) is 0 Å². The van der Waals surface area contributed by atoms with Crippen LogP contribution in [0.25, 0.3) is 0 Å². The van der Waals surface area contributed by atoms with Gasteiger partial charge in [0.2, 0.25) is 0 Å². The van der Waals surface area contributed by atoms with Crippen LogP contribution in [0.15, 0.2) is 18.2 Å². The summed E-state index contributed by atoms with van der Waals surface area (Å²) in [5.41, 5.74) is 7.25. The summed E-state index contributed by atoms with van der Waals surface area (Å²) in [4.78, 5) is 11.6. The first-order valence-corrected chi connectivity index (χ1v) is 7.32. The van der Waals surface area contributed by atoms with Crippen molar-refractivity contribution >= 4 is 5.97 Å². The fourth-order valence-electron chi connectivity index (χ4n) is 2.39. The molecule has 0 aliphatic rings. The lowest BCUT2D eigenvalue weighted by Crippen LogP contribution is -2.48. The Morgan fingerprint density at radius 1 is 1.33 bits per heavy atom. The largest absolute Gasteiger partial charge is 0.490 e. The number of hydrogen-bond acceptors (Lipinski definition) is 4. The topological polar surface area (TPSA) is 61.5 Å². The van der Waals surface area contributed by atoms with Crippen molar-refractivity contribution in [1.82, 2.24) is 0 Å². The van der Waals surface area contributed by atoms with Gasteiger partial charge in [-0.05, 0) is 43.9 Å². The maximum absolute atomic E-state index is 11.6. The minimum Gasteiger partial charge on any atom is -0.490 e. The molecule has 2 N–H and O–H groups in total. The van der Waals surface area contributed by atoms with Gasteiger partial charge in [0.15, 0.2) is 0 Å². The van der Waals surface area contributed by atoms with Gasteiger partial charge in [0, 0.05) is 6.42 Å². The molecular weight excluding hydrogens is 266 g/mol. The Balaban J connectivity index is 2.86. The summed E-state index contributed by atoms with van der Waals surface area (Å²) >= 11 is 0. The third-order valence-electron chi connectivity index (χ3n) is 3.48. The van der Waals surface area contributed by atoms with Crippen molar-refractivity contribution in [3.05, 3.63) is 29.3 Å². The Kier molecular flexibility index (Phi) is 5.78. The number of ether oxygens (including phenoxy) is 2. The summed E-state index contributed by atoms with van der Waals surface area (Å²) in [5.74, 6) is 0.808. The average Bonchev–Trinajstić information content (AvgIpc) is 2.36. The number of rotatable bonds is 6. The minimum absolute atomic E-state index is 0.182. The molecule has 0 aromatic heterocycles. The number of carbonyl (C=O) groups excluding carboxylic acids is 1. The van der Waals surface area contributed by atoms with E-state index in [9.17, 15) is 4.79 Å². The molecule has 0 amide bonds. The zero-order valence-electron chi connectivity index (χ0n) is 13.9. The van der Waals surface area contributed by atoms with Crippen molar-refractivity contribution < 1.29 is 14.3 Å². The van der Waals surface area contributed by atoms with Crippen LogP contribution in [0, 0.1) is 6.92 Å². The van der Waals surface area contributed by atoms with E-state index in [1.165, 1.54) is 7.11 Å². The second-order valence-electron chi connectivity index (χ2n) is 6.24. The van der Waals surface area contributed by atoms with E-state index in [-0.39, 0.29) is 6.10 Å². The van der Waals surface area contributed by atoms with Crippen molar-refractivity contribution in [3.8, 4) is 5.75 Å². The maximum Gasteiger partial charge on any atom is 0.325 e. The van der Waals surface area contributed by atoms with Gasteiger partial charge < -0.3 is 15.2 Å². The molecule has 0 aliphatic carbocycles. The quantitative estimate of drug-likeness (QED) is 0.818. The van der Waals surface area contributed by atoms with Crippen molar-refractivity contribution in [3.63, 3.8) is 0 Å². The highest BCUT2D eigenvalue weighted by Gasteiger charge is 2.32. The fraction of sp³-hybridized carbons (Fsp3) is 0.588. The van der Waals surface area contributed by atoms with Crippen LogP contribution in [0.4, 0.5) is 0 Å². The number of nitrogens with two attached hydrogens (primary N) is 1. The Bertz CT molecular complexity index is 495. The molecule has 0 spiro atoms. The number of carbonyl (C=O) groups is 1. The van der Waals surface area contributed by atoms with Gasteiger partial charge in [0.05, 0.1) is 13.2 Å². The first-order chi connectivity index (χ1) is 9.67. The van der Waals surface area contributed by atoms with Crippen LogP contribution in [0.5, 0.6) is 5.75 Å². The first kappa shape index (κ1) is 17.5. The lowest BCUT2D eigenvalue weighted by atomic mass is 9.96. The van der Waals surface area contributed by atoms with E-state index in [4.69, 9.17) is 15.2 Å². The first-order valence-electron chi connectivity index (χ1n) is 7.32. The average molecular weight is 293 g/mol. The summed E-state index contributed by atoms with van der Waals surface area (Å²) in [7, 11) is 1.34. The van der Waals surface area contributed by atoms with Gasteiger partial charge in [-0.3, -0.25) is 4.79 Å². The van der Waals surface area contributed by atoms with Crippen LogP contribution in [0.1, 0.15) is 51.2 Å². The molecular formula is C17H27NO3. The molecule has 0 heterocycles. The molecule has 0 aliphatic heterocycles. The molecule has 0 radical (unpaired) electrons. The molecule has 4 nitrogen and oxygen atoms in total. The van der Waals surface area contributed by atoms with Gasteiger partial charge in [-0.15, -0.1) is 0 Å². The zero-order valence-corrected chi connectivity index (χ0v) is 13.9. The molecule has 0 fully saturated rings. The molecule has 4 heteroatoms. The van der Waals surface area contributed by atoms with Gasteiger partial charge in [-0.2, -0.15) is 0 Å². The smallest absolute Gasteiger partial charge is 0.325 e. The minimum atomic E-state index is -1.05. The van der Waals surface area contributed by atoms with Crippen molar-refractivity contribution in [1.29, 1.82) is 0 Å². The maximum atomic E-state index is 11.6. The summed E-state index contributed by atoms with van der Waals surface area (Å²) in [6, 6.07) is 6.19. The number of methoxy groups -OCH3 is 1. The standard InChI is InChI=1S/C17H27NO3/c1-11(2)14-8-7-12(3)9-15(14)21-13(4)10-17(5,18)16(19)20-6/h7-9,11,13H,10,18H2,1-6H3. The van der Waals surface area contributed by atoms with E-state index in [0.29, 0.717) is 12.3 Å². The number of hydrogen-bond donors (Lipinski definition) is 1. The lowest BCUT2D eigenvalue weighted by molar-refractivity contribution is -0.147. The molecule has 21 heavy (non-hydrogen) atoms. The summed E-state index contributed by atoms with van der Waals surface area (Å²) in [6.07, 6.45) is 0.212. The van der Waals surface area contributed by atoms with Gasteiger partial charge in [0.1, 0.15) is 11.3 Å². The van der Waals surface area contributed by atoms with E-state index < -0.39 is 11.5 Å². The van der Waals surface area contributed by atoms with Crippen LogP contribution in [0.2, 0.25) is 0 Å². The van der Waals surface area contributed by atoms with E-state index in [2.05, 4.69) is 26.0 Å². The highest BCUT2D eigenvalue weighted by molar-refractivity contribution is 5.79. The van der Waals surface area contributed by atoms with Gasteiger partial charge in [-0.1, -0.05) is 26.0 Å². The normalized spacial score (nSPS) is 15.4. The van der Waals surface area contributed by atoms with Crippen LogP contribution < -0.4 is 10.5 Å². The van der Waals surface area contributed by atoms with E-state index in [1.54, 1.807) is 6.92 Å². The molecule has 0 saturated carbocycles. The molecule has 0 bridgehead atoms. The van der Waals surface area contributed by atoms with E-state index in [0.717, 1.165) is 16.9 Å². The zero-order chi connectivity index (χ0) is 16.2. The van der Waals surface area contributed by atoms with Gasteiger partial charge in [0.25, 0.3) is 0 Å². The molecule has 2 unspecified atom stereocenters. The molecule has 1 aromatic carbocycles. The van der Waals surface area contributed by atoms with E-state index >= 15 is 0 Å². The summed E-state index contributed by atoms with van der Waals surface area (Å²) in [5, 5.41) is 0. The monoisotopic (exact) mass is 293 g/mol. The van der Waals surface area contributed by atoms with Crippen LogP contribution in [-0.4, -0.2) is 24.7 Å². The highest BCUT2D eigenvalue weighted by Crippen LogP contribution is 2.29. The Morgan fingerprint density at radius 3 is 2.48 bits per heavy atom. The number of esters is 1. The fourth-order valence-corrected chi connectivity index (χ4v) is 2.39. The highest BCUT2D eigenvalue weighted by atomic mass is 16.5. The molecule has 2 atom stereocenters. The number of benzene rings is 1. The third-order valence-corrected chi connectivity index (χ3v) is 3.48. The second-order valence-corrected chi connectivity index (χ2v) is 6.24. The second kappa shape index (κ2) is 6.94.